The van der Waals surface area contributed by atoms with E-state index < -0.39 is 0 Å². The van der Waals surface area contributed by atoms with E-state index >= 15 is 0 Å². The van der Waals surface area contributed by atoms with Crippen LogP contribution < -0.4 is 5.32 Å². The molecule has 0 radical (unpaired) electrons. The molecule has 1 aromatic rings. The Morgan fingerprint density at radius 2 is 2.06 bits per heavy atom. The van der Waals surface area contributed by atoms with Gasteiger partial charge in [-0.15, -0.1) is 0 Å². The van der Waals surface area contributed by atoms with Gasteiger partial charge in [0, 0.05) is 24.2 Å². The lowest BCUT2D eigenvalue weighted by molar-refractivity contribution is 0.256. The van der Waals surface area contributed by atoms with Gasteiger partial charge in [0.2, 0.25) is 0 Å². The maximum absolute atomic E-state index is 5.88. The Kier molecular flexibility index (Phi) is 4.84. The predicted octanol–water partition coefficient (Wildman–Crippen LogP) is 2.91. The second-order valence-corrected chi connectivity index (χ2v) is 5.41. The lowest BCUT2D eigenvalue weighted by Gasteiger charge is -2.28. The van der Waals surface area contributed by atoms with Gasteiger partial charge in [-0.2, -0.15) is 0 Å². The second-order valence-electron chi connectivity index (χ2n) is 4.97. The molecule has 1 heterocycles. The van der Waals surface area contributed by atoms with Crippen LogP contribution in [0.4, 0.5) is 0 Å². The number of likely N-dealkylation sites (N-methyl/N-ethyl adjacent to an activating group) is 1. The Morgan fingerprint density at radius 3 is 2.71 bits per heavy atom. The molecule has 0 saturated carbocycles. The zero-order valence-corrected chi connectivity index (χ0v) is 11.2. The molecule has 1 unspecified atom stereocenters. The minimum absolute atomic E-state index is 0.668. The summed E-state index contributed by atoms with van der Waals surface area (Å²) in [5, 5.41) is 4.39. The molecule has 1 aliphatic rings. The summed E-state index contributed by atoms with van der Waals surface area (Å²) in [6.07, 6.45) is 4.01. The van der Waals surface area contributed by atoms with E-state index in [0.29, 0.717) is 6.04 Å². The van der Waals surface area contributed by atoms with Crippen molar-refractivity contribution in [2.24, 2.45) is 0 Å². The number of nitrogens with zero attached hydrogens (tertiary/aromatic N) is 1. The molecule has 17 heavy (non-hydrogen) atoms. The molecule has 1 fully saturated rings. The highest BCUT2D eigenvalue weighted by molar-refractivity contribution is 6.30. The molecule has 0 aromatic heterocycles. The van der Waals surface area contributed by atoms with Crippen LogP contribution in [-0.2, 0) is 6.54 Å². The van der Waals surface area contributed by atoms with Crippen molar-refractivity contribution in [1.82, 2.24) is 10.2 Å². The maximum Gasteiger partial charge on any atom is 0.0406 e. The Labute approximate surface area is 109 Å². The van der Waals surface area contributed by atoms with Gasteiger partial charge in [-0.05, 0) is 44.1 Å². The van der Waals surface area contributed by atoms with Crippen molar-refractivity contribution in [2.75, 3.05) is 20.1 Å². The molecule has 94 valence electrons. The van der Waals surface area contributed by atoms with Crippen LogP contribution >= 0.6 is 11.6 Å². The van der Waals surface area contributed by atoms with Crippen LogP contribution in [0.25, 0.3) is 0 Å². The fraction of sp³-hybridized carbons (Fsp3) is 0.571. The summed E-state index contributed by atoms with van der Waals surface area (Å²) < 4.78 is 0. The topological polar surface area (TPSA) is 15.3 Å². The highest BCUT2D eigenvalue weighted by Gasteiger charge is 2.14. The molecule has 1 atom stereocenters. The van der Waals surface area contributed by atoms with Crippen molar-refractivity contribution in [3.05, 3.63) is 34.9 Å². The van der Waals surface area contributed by atoms with Crippen molar-refractivity contribution in [1.29, 1.82) is 0 Å². The van der Waals surface area contributed by atoms with Crippen LogP contribution in [0.15, 0.2) is 24.3 Å². The zero-order valence-electron chi connectivity index (χ0n) is 10.5. The van der Waals surface area contributed by atoms with Crippen molar-refractivity contribution >= 4 is 11.6 Å². The van der Waals surface area contributed by atoms with E-state index in [1.807, 2.05) is 12.1 Å². The average molecular weight is 253 g/mol. The van der Waals surface area contributed by atoms with E-state index in [4.69, 9.17) is 11.6 Å². The highest BCUT2D eigenvalue weighted by Crippen LogP contribution is 2.12. The molecular formula is C14H21ClN2. The van der Waals surface area contributed by atoms with Crippen LogP contribution in [0.2, 0.25) is 5.02 Å². The summed E-state index contributed by atoms with van der Waals surface area (Å²) in [6, 6.07) is 8.80. The van der Waals surface area contributed by atoms with Gasteiger partial charge in [0.25, 0.3) is 0 Å². The fourth-order valence-corrected chi connectivity index (χ4v) is 2.55. The first-order valence-corrected chi connectivity index (χ1v) is 6.78. The molecule has 1 aliphatic heterocycles. The monoisotopic (exact) mass is 252 g/mol. The summed E-state index contributed by atoms with van der Waals surface area (Å²) >= 11 is 5.88. The molecule has 2 rings (SSSR count). The van der Waals surface area contributed by atoms with Gasteiger partial charge in [0.1, 0.15) is 0 Å². The predicted molar refractivity (Wildman–Crippen MR) is 73.4 cm³/mol. The van der Waals surface area contributed by atoms with Gasteiger partial charge in [-0.3, -0.25) is 0 Å². The lowest BCUT2D eigenvalue weighted by Crippen LogP contribution is -2.42. The standard InChI is InChI=1S/C14H21ClN2/c1-17(11-14-4-2-3-9-16-14)10-12-5-7-13(15)8-6-12/h5-8,14,16H,2-4,9-11H2,1H3. The van der Waals surface area contributed by atoms with Gasteiger partial charge in [-0.1, -0.05) is 30.2 Å². The molecule has 0 amide bonds. The Balaban J connectivity index is 1.79. The van der Waals surface area contributed by atoms with E-state index in [2.05, 4.69) is 29.4 Å². The summed E-state index contributed by atoms with van der Waals surface area (Å²) in [4.78, 5) is 2.38. The van der Waals surface area contributed by atoms with Crippen LogP contribution in [0.5, 0.6) is 0 Å². The van der Waals surface area contributed by atoms with E-state index in [1.165, 1.54) is 31.4 Å². The Morgan fingerprint density at radius 1 is 1.29 bits per heavy atom. The van der Waals surface area contributed by atoms with Gasteiger partial charge < -0.3 is 10.2 Å². The average Bonchev–Trinajstić information content (AvgIpc) is 2.33. The van der Waals surface area contributed by atoms with E-state index in [9.17, 15) is 0 Å². The number of halogens is 1. The molecule has 1 saturated heterocycles. The Hall–Kier alpha value is -0.570. The van der Waals surface area contributed by atoms with Crippen molar-refractivity contribution < 1.29 is 0 Å². The smallest absolute Gasteiger partial charge is 0.0406 e. The third kappa shape index (κ3) is 4.30. The van der Waals surface area contributed by atoms with Gasteiger partial charge >= 0.3 is 0 Å². The summed E-state index contributed by atoms with van der Waals surface area (Å²) in [5.41, 5.74) is 1.33. The summed E-state index contributed by atoms with van der Waals surface area (Å²) in [6.45, 7) is 3.30. The molecule has 0 bridgehead atoms. The third-order valence-corrected chi connectivity index (χ3v) is 3.56. The van der Waals surface area contributed by atoms with Crippen molar-refractivity contribution in [3.8, 4) is 0 Å². The van der Waals surface area contributed by atoms with Crippen LogP contribution in [0, 0.1) is 0 Å². The zero-order chi connectivity index (χ0) is 12.1. The molecule has 0 spiro atoms. The van der Waals surface area contributed by atoms with E-state index in [-0.39, 0.29) is 0 Å². The third-order valence-electron chi connectivity index (χ3n) is 3.31. The molecular weight excluding hydrogens is 232 g/mol. The quantitative estimate of drug-likeness (QED) is 0.887. The Bertz CT molecular complexity index is 331. The molecule has 3 heteroatoms. The number of benzene rings is 1. The van der Waals surface area contributed by atoms with E-state index in [1.54, 1.807) is 0 Å². The number of rotatable bonds is 4. The van der Waals surface area contributed by atoms with Crippen LogP contribution in [0.3, 0.4) is 0 Å². The number of nitrogens with one attached hydrogen (secondary N) is 1. The molecule has 1 N–H and O–H groups in total. The minimum atomic E-state index is 0.668. The normalized spacial score (nSPS) is 20.8. The molecule has 0 aliphatic carbocycles. The van der Waals surface area contributed by atoms with Gasteiger partial charge in [0.15, 0.2) is 0 Å². The summed E-state index contributed by atoms with van der Waals surface area (Å²) in [5.74, 6) is 0. The first kappa shape index (κ1) is 12.9. The highest BCUT2D eigenvalue weighted by atomic mass is 35.5. The van der Waals surface area contributed by atoms with Gasteiger partial charge in [-0.25, -0.2) is 0 Å². The number of hydrogen-bond donors (Lipinski definition) is 1. The van der Waals surface area contributed by atoms with Crippen molar-refractivity contribution in [2.45, 2.75) is 31.8 Å². The maximum atomic E-state index is 5.88. The molecule has 2 nitrogen and oxygen atoms in total. The van der Waals surface area contributed by atoms with Crippen molar-refractivity contribution in [3.63, 3.8) is 0 Å². The minimum Gasteiger partial charge on any atom is -0.313 e. The summed E-state index contributed by atoms with van der Waals surface area (Å²) in [7, 11) is 2.19. The van der Waals surface area contributed by atoms with E-state index in [0.717, 1.165) is 18.1 Å². The largest absolute Gasteiger partial charge is 0.313 e. The lowest BCUT2D eigenvalue weighted by atomic mass is 10.0. The molecule has 1 aromatic carbocycles. The van der Waals surface area contributed by atoms with Crippen LogP contribution in [-0.4, -0.2) is 31.1 Å². The fourth-order valence-electron chi connectivity index (χ4n) is 2.42. The number of piperidine rings is 1. The van der Waals surface area contributed by atoms with Crippen LogP contribution in [0.1, 0.15) is 24.8 Å². The first-order valence-electron chi connectivity index (χ1n) is 6.40. The second kappa shape index (κ2) is 6.39. The number of hydrogen-bond acceptors (Lipinski definition) is 2. The first-order chi connectivity index (χ1) is 8.24. The SMILES string of the molecule is CN(Cc1ccc(Cl)cc1)CC1CCCCN1. The van der Waals surface area contributed by atoms with Gasteiger partial charge in [0.05, 0.1) is 0 Å².